The Morgan fingerprint density at radius 3 is 1.85 bits per heavy atom. The standard InChI is InChI=1S/C14H25NO5/c1-13(2,3)11(17)15-9(10(16)19-7)8-20-12(18)14(4,5)6/h9H,8H2,1-7H3,(H,15,17)/t9-/m0/s1. The van der Waals surface area contributed by atoms with Crippen molar-refractivity contribution >= 4 is 17.8 Å². The first-order valence-electron chi connectivity index (χ1n) is 6.45. The van der Waals surface area contributed by atoms with E-state index < -0.39 is 28.8 Å². The van der Waals surface area contributed by atoms with Gasteiger partial charge in [-0.2, -0.15) is 0 Å². The van der Waals surface area contributed by atoms with Crippen LogP contribution in [0.15, 0.2) is 0 Å². The van der Waals surface area contributed by atoms with Crippen LogP contribution < -0.4 is 5.32 Å². The Morgan fingerprint density at radius 2 is 1.50 bits per heavy atom. The van der Waals surface area contributed by atoms with Gasteiger partial charge in [-0.05, 0) is 20.8 Å². The molecule has 0 aliphatic heterocycles. The molecule has 116 valence electrons. The molecule has 0 rings (SSSR count). The monoisotopic (exact) mass is 287 g/mol. The number of rotatable bonds is 4. The molecule has 0 fully saturated rings. The van der Waals surface area contributed by atoms with E-state index in [0.717, 1.165) is 0 Å². The summed E-state index contributed by atoms with van der Waals surface area (Å²) in [4.78, 5) is 35.2. The SMILES string of the molecule is COC(=O)[C@H](COC(=O)C(C)(C)C)NC(=O)C(C)(C)C. The third-order valence-electron chi connectivity index (χ3n) is 2.47. The molecule has 0 aromatic carbocycles. The first-order chi connectivity index (χ1) is 8.89. The van der Waals surface area contributed by atoms with E-state index >= 15 is 0 Å². The Bertz CT molecular complexity index is 376. The number of hydrogen-bond acceptors (Lipinski definition) is 5. The normalized spacial score (nSPS) is 13.3. The Morgan fingerprint density at radius 1 is 1.00 bits per heavy atom. The van der Waals surface area contributed by atoms with Crippen LogP contribution in [0.25, 0.3) is 0 Å². The molecular weight excluding hydrogens is 262 g/mol. The smallest absolute Gasteiger partial charge is 0.331 e. The first kappa shape index (κ1) is 18.4. The van der Waals surface area contributed by atoms with Gasteiger partial charge in [-0.1, -0.05) is 20.8 Å². The lowest BCUT2D eigenvalue weighted by atomic mass is 9.95. The van der Waals surface area contributed by atoms with E-state index in [1.807, 2.05) is 0 Å². The highest BCUT2D eigenvalue weighted by atomic mass is 16.5. The topological polar surface area (TPSA) is 81.7 Å². The summed E-state index contributed by atoms with van der Waals surface area (Å²) in [5.41, 5.74) is -1.32. The fourth-order valence-corrected chi connectivity index (χ4v) is 1.06. The lowest BCUT2D eigenvalue weighted by Gasteiger charge is -2.24. The predicted octanol–water partition coefficient (Wildman–Crippen LogP) is 1.28. The molecule has 1 N–H and O–H groups in total. The highest BCUT2D eigenvalue weighted by molar-refractivity contribution is 5.87. The Hall–Kier alpha value is -1.59. The maximum Gasteiger partial charge on any atom is 0.331 e. The Kier molecular flexibility index (Phi) is 6.19. The fraction of sp³-hybridized carbons (Fsp3) is 0.786. The second-order valence-electron chi connectivity index (χ2n) is 6.65. The van der Waals surface area contributed by atoms with Crippen molar-refractivity contribution in [1.29, 1.82) is 0 Å². The molecule has 1 atom stereocenters. The minimum absolute atomic E-state index is 0.245. The van der Waals surface area contributed by atoms with Crippen molar-refractivity contribution in [3.8, 4) is 0 Å². The van der Waals surface area contributed by atoms with E-state index in [2.05, 4.69) is 10.1 Å². The van der Waals surface area contributed by atoms with Gasteiger partial charge < -0.3 is 14.8 Å². The fourth-order valence-electron chi connectivity index (χ4n) is 1.06. The second-order valence-corrected chi connectivity index (χ2v) is 6.65. The maximum atomic E-state index is 11.9. The van der Waals surface area contributed by atoms with E-state index in [1.54, 1.807) is 41.5 Å². The molecule has 0 unspecified atom stereocenters. The number of hydrogen-bond donors (Lipinski definition) is 1. The summed E-state index contributed by atoms with van der Waals surface area (Å²) >= 11 is 0. The molecule has 1 amide bonds. The summed E-state index contributed by atoms with van der Waals surface area (Å²) in [6.45, 7) is 10.0. The molecule has 6 nitrogen and oxygen atoms in total. The van der Waals surface area contributed by atoms with Gasteiger partial charge in [0.05, 0.1) is 12.5 Å². The molecule has 0 heterocycles. The van der Waals surface area contributed by atoms with Crippen LogP contribution in [0.5, 0.6) is 0 Å². The number of ether oxygens (including phenoxy) is 2. The lowest BCUT2D eigenvalue weighted by Crippen LogP contribution is -2.49. The number of methoxy groups -OCH3 is 1. The third kappa shape index (κ3) is 6.04. The van der Waals surface area contributed by atoms with Crippen LogP contribution in [-0.2, 0) is 23.9 Å². The highest BCUT2D eigenvalue weighted by Crippen LogP contribution is 2.16. The van der Waals surface area contributed by atoms with Crippen molar-refractivity contribution in [2.45, 2.75) is 47.6 Å². The molecule has 0 spiro atoms. The predicted molar refractivity (Wildman–Crippen MR) is 73.8 cm³/mol. The van der Waals surface area contributed by atoms with Gasteiger partial charge in [-0.15, -0.1) is 0 Å². The zero-order valence-electron chi connectivity index (χ0n) is 13.3. The average Bonchev–Trinajstić information content (AvgIpc) is 2.30. The molecule has 0 saturated heterocycles. The Labute approximate surface area is 120 Å². The van der Waals surface area contributed by atoms with Crippen LogP contribution >= 0.6 is 0 Å². The van der Waals surface area contributed by atoms with Crippen LogP contribution in [0.1, 0.15) is 41.5 Å². The zero-order valence-corrected chi connectivity index (χ0v) is 13.3. The van der Waals surface area contributed by atoms with Crippen LogP contribution in [-0.4, -0.2) is 37.6 Å². The van der Waals surface area contributed by atoms with Gasteiger partial charge in [0.25, 0.3) is 0 Å². The number of esters is 2. The van der Waals surface area contributed by atoms with Gasteiger partial charge in [-0.3, -0.25) is 9.59 Å². The van der Waals surface area contributed by atoms with E-state index in [1.165, 1.54) is 7.11 Å². The van der Waals surface area contributed by atoms with Crippen LogP contribution in [0.4, 0.5) is 0 Å². The average molecular weight is 287 g/mol. The zero-order chi connectivity index (χ0) is 16.1. The summed E-state index contributed by atoms with van der Waals surface area (Å²) in [7, 11) is 1.21. The first-order valence-corrected chi connectivity index (χ1v) is 6.45. The molecular formula is C14H25NO5. The molecule has 0 bridgehead atoms. The summed E-state index contributed by atoms with van der Waals surface area (Å²) in [5.74, 6) is -1.42. The second kappa shape index (κ2) is 6.72. The highest BCUT2D eigenvalue weighted by Gasteiger charge is 2.31. The minimum Gasteiger partial charge on any atom is -0.467 e. The van der Waals surface area contributed by atoms with Crippen molar-refractivity contribution in [2.24, 2.45) is 10.8 Å². The quantitative estimate of drug-likeness (QED) is 0.788. The van der Waals surface area contributed by atoms with Gasteiger partial charge in [0.2, 0.25) is 5.91 Å². The summed E-state index contributed by atoms with van der Waals surface area (Å²) in [5, 5.41) is 2.52. The third-order valence-corrected chi connectivity index (χ3v) is 2.47. The van der Waals surface area contributed by atoms with E-state index in [9.17, 15) is 14.4 Å². The van der Waals surface area contributed by atoms with Crippen molar-refractivity contribution in [3.63, 3.8) is 0 Å². The van der Waals surface area contributed by atoms with Crippen molar-refractivity contribution in [3.05, 3.63) is 0 Å². The molecule has 0 saturated carbocycles. The summed E-state index contributed by atoms with van der Waals surface area (Å²) < 4.78 is 9.65. The van der Waals surface area contributed by atoms with Crippen LogP contribution in [0.2, 0.25) is 0 Å². The minimum atomic E-state index is -1.00. The van der Waals surface area contributed by atoms with Gasteiger partial charge in [0.15, 0.2) is 6.04 Å². The van der Waals surface area contributed by atoms with E-state index in [0.29, 0.717) is 0 Å². The molecule has 0 aromatic rings. The lowest BCUT2D eigenvalue weighted by molar-refractivity contribution is -0.158. The molecule has 6 heteroatoms. The number of carbonyl (C=O) groups excluding carboxylic acids is 3. The molecule has 20 heavy (non-hydrogen) atoms. The molecule has 0 aliphatic carbocycles. The summed E-state index contributed by atoms with van der Waals surface area (Å²) in [6, 6.07) is -1.00. The van der Waals surface area contributed by atoms with Gasteiger partial charge in [0, 0.05) is 5.41 Å². The molecule has 0 aromatic heterocycles. The van der Waals surface area contributed by atoms with E-state index in [4.69, 9.17) is 4.74 Å². The van der Waals surface area contributed by atoms with Crippen LogP contribution in [0.3, 0.4) is 0 Å². The number of amides is 1. The molecule has 0 radical (unpaired) electrons. The van der Waals surface area contributed by atoms with Gasteiger partial charge in [-0.25, -0.2) is 4.79 Å². The van der Waals surface area contributed by atoms with Crippen LogP contribution in [0, 0.1) is 10.8 Å². The Balaban J connectivity index is 4.73. The number of carbonyl (C=O) groups is 3. The van der Waals surface area contributed by atoms with Crippen molar-refractivity contribution in [2.75, 3.05) is 13.7 Å². The summed E-state index contributed by atoms with van der Waals surface area (Å²) in [6.07, 6.45) is 0. The number of nitrogens with one attached hydrogen (secondary N) is 1. The van der Waals surface area contributed by atoms with Crippen molar-refractivity contribution in [1.82, 2.24) is 5.32 Å². The maximum absolute atomic E-state index is 11.9. The van der Waals surface area contributed by atoms with Crippen molar-refractivity contribution < 1.29 is 23.9 Å². The molecule has 0 aliphatic rings. The van der Waals surface area contributed by atoms with E-state index in [-0.39, 0.29) is 12.5 Å². The largest absolute Gasteiger partial charge is 0.467 e. The van der Waals surface area contributed by atoms with Gasteiger partial charge in [0.1, 0.15) is 6.61 Å². The van der Waals surface area contributed by atoms with Gasteiger partial charge >= 0.3 is 11.9 Å².